The van der Waals surface area contributed by atoms with Crippen LogP contribution in [0.1, 0.15) is 107 Å². The first-order valence-electron chi connectivity index (χ1n) is 15.8. The first-order chi connectivity index (χ1) is 18.0. The Hall–Kier alpha value is -0.980. The van der Waals surface area contributed by atoms with Crippen molar-refractivity contribution in [2.75, 3.05) is 59.4 Å². The van der Waals surface area contributed by atoms with Gasteiger partial charge in [-0.15, -0.1) is 0 Å². The standard InChI is InChI=1S/C16H30N4O.C9H16O.3C2H6/c1-17-9-11-19(12-10-17)16-3-2-6-20(13-16)15-4-7-18(14-21)8-5-15;1-7-3-5-9(6-4-7)8(2)10;3*1-2/h14-16H,2-13H2,1H3;7,9H,3-6H2,1-2H3;3*1-2H3. The van der Waals surface area contributed by atoms with E-state index in [4.69, 9.17) is 0 Å². The Morgan fingerprint density at radius 1 is 0.676 bits per heavy atom. The summed E-state index contributed by atoms with van der Waals surface area (Å²) >= 11 is 0. The van der Waals surface area contributed by atoms with Gasteiger partial charge in [-0.25, -0.2) is 0 Å². The Bertz CT molecular complexity index is 549. The zero-order valence-corrected chi connectivity index (χ0v) is 26.3. The Balaban J connectivity index is 0.000000682. The van der Waals surface area contributed by atoms with Gasteiger partial charge in [-0.3, -0.25) is 19.4 Å². The fourth-order valence-electron chi connectivity index (χ4n) is 5.82. The number of nitrogens with zero attached hydrogens (tertiary/aromatic N) is 4. The molecule has 1 atom stereocenters. The van der Waals surface area contributed by atoms with E-state index < -0.39 is 0 Å². The van der Waals surface area contributed by atoms with E-state index in [9.17, 15) is 9.59 Å². The van der Waals surface area contributed by atoms with Crippen LogP contribution < -0.4 is 0 Å². The van der Waals surface area contributed by atoms with Crippen LogP contribution in [-0.4, -0.2) is 103 Å². The van der Waals surface area contributed by atoms with E-state index in [2.05, 4.69) is 28.7 Å². The number of likely N-dealkylation sites (N-methyl/N-ethyl adjacent to an activating group) is 1. The van der Waals surface area contributed by atoms with E-state index in [0.717, 1.165) is 57.1 Å². The van der Waals surface area contributed by atoms with Crippen molar-refractivity contribution in [3.05, 3.63) is 0 Å². The number of carbonyl (C=O) groups is 2. The van der Waals surface area contributed by atoms with Crippen LogP contribution >= 0.6 is 0 Å². The molecule has 6 nitrogen and oxygen atoms in total. The maximum Gasteiger partial charge on any atom is 0.209 e. The van der Waals surface area contributed by atoms with Gasteiger partial charge in [-0.2, -0.15) is 0 Å². The second kappa shape index (κ2) is 21.9. The fourth-order valence-corrected chi connectivity index (χ4v) is 5.82. The van der Waals surface area contributed by atoms with Gasteiger partial charge in [0.2, 0.25) is 6.41 Å². The minimum atomic E-state index is 0.395. The molecule has 3 saturated heterocycles. The zero-order valence-electron chi connectivity index (χ0n) is 26.3. The quantitative estimate of drug-likeness (QED) is 0.435. The second-order valence-corrected chi connectivity index (χ2v) is 10.6. The summed E-state index contributed by atoms with van der Waals surface area (Å²) in [4.78, 5) is 31.5. The molecule has 1 amide bonds. The topological polar surface area (TPSA) is 47.1 Å². The normalized spacial score (nSPS) is 27.5. The number of hydrogen-bond acceptors (Lipinski definition) is 5. The molecular weight excluding hydrogens is 460 g/mol. The summed E-state index contributed by atoms with van der Waals surface area (Å²) in [5.74, 6) is 1.65. The molecule has 6 heteroatoms. The van der Waals surface area contributed by atoms with Gasteiger partial charge in [0.15, 0.2) is 0 Å². The van der Waals surface area contributed by atoms with Crippen LogP contribution in [0, 0.1) is 11.8 Å². The molecule has 0 N–H and O–H groups in total. The van der Waals surface area contributed by atoms with E-state index in [1.165, 1.54) is 65.0 Å². The summed E-state index contributed by atoms with van der Waals surface area (Å²) in [6.07, 6.45) is 10.8. The molecule has 0 bridgehead atoms. The number of Topliss-reactive ketones (excluding diaryl/α,β-unsaturated/α-hetero) is 1. The molecule has 0 aromatic heterocycles. The number of likely N-dealkylation sites (tertiary alicyclic amines) is 2. The average molecular weight is 525 g/mol. The zero-order chi connectivity index (χ0) is 28.2. The van der Waals surface area contributed by atoms with Crippen molar-refractivity contribution in [1.82, 2.24) is 19.6 Å². The summed E-state index contributed by atoms with van der Waals surface area (Å²) in [6.45, 7) is 25.3. The van der Waals surface area contributed by atoms with Gasteiger partial charge in [0.25, 0.3) is 0 Å². The first-order valence-corrected chi connectivity index (χ1v) is 15.8. The van der Waals surface area contributed by atoms with Crippen LogP contribution in [0.4, 0.5) is 0 Å². The van der Waals surface area contributed by atoms with Gasteiger partial charge in [0, 0.05) is 63.8 Å². The number of amides is 1. The van der Waals surface area contributed by atoms with Gasteiger partial charge in [-0.05, 0) is 65.0 Å². The summed E-state index contributed by atoms with van der Waals surface area (Å²) < 4.78 is 0. The van der Waals surface area contributed by atoms with Crippen LogP contribution in [0.25, 0.3) is 0 Å². The molecular formula is C31H64N4O2. The summed E-state index contributed by atoms with van der Waals surface area (Å²) in [5, 5.41) is 0. The Morgan fingerprint density at radius 3 is 1.70 bits per heavy atom. The van der Waals surface area contributed by atoms with Crippen LogP contribution in [0.3, 0.4) is 0 Å². The molecule has 4 aliphatic rings. The Labute approximate surface area is 231 Å². The molecule has 3 aliphatic heterocycles. The van der Waals surface area contributed by atoms with Gasteiger partial charge in [-0.1, -0.05) is 61.3 Å². The van der Waals surface area contributed by atoms with Crippen molar-refractivity contribution in [1.29, 1.82) is 0 Å². The van der Waals surface area contributed by atoms with Crippen LogP contribution in [0.2, 0.25) is 0 Å². The lowest BCUT2D eigenvalue weighted by molar-refractivity contribution is -0.122. The fraction of sp³-hybridized carbons (Fsp3) is 0.935. The monoisotopic (exact) mass is 525 g/mol. The van der Waals surface area contributed by atoms with E-state index in [0.29, 0.717) is 17.7 Å². The van der Waals surface area contributed by atoms with E-state index in [-0.39, 0.29) is 0 Å². The molecule has 4 fully saturated rings. The highest BCUT2D eigenvalue weighted by Gasteiger charge is 2.31. The number of piperazine rings is 1. The van der Waals surface area contributed by atoms with E-state index in [1.807, 2.05) is 46.4 Å². The molecule has 0 radical (unpaired) electrons. The SMILES string of the molecule is CC.CC.CC.CC(=O)C1CCC(C)CC1.CN1CCN(C2CCCN(C3CCN(C=O)CC3)C2)CC1. The molecule has 0 aromatic carbocycles. The van der Waals surface area contributed by atoms with Crippen LogP contribution in [0.15, 0.2) is 0 Å². The number of carbonyl (C=O) groups excluding carboxylic acids is 2. The molecule has 0 spiro atoms. The highest BCUT2D eigenvalue weighted by atomic mass is 16.1. The van der Waals surface area contributed by atoms with Gasteiger partial charge >= 0.3 is 0 Å². The highest BCUT2D eigenvalue weighted by Crippen LogP contribution is 2.28. The Morgan fingerprint density at radius 2 is 1.22 bits per heavy atom. The number of hydrogen-bond donors (Lipinski definition) is 0. The Kier molecular flexibility index (Phi) is 21.3. The average Bonchev–Trinajstić information content (AvgIpc) is 2.97. The maximum atomic E-state index is 10.9. The minimum absolute atomic E-state index is 0.395. The molecule has 1 aliphatic carbocycles. The van der Waals surface area contributed by atoms with E-state index in [1.54, 1.807) is 6.92 Å². The predicted molar refractivity (Wildman–Crippen MR) is 160 cm³/mol. The lowest BCUT2D eigenvalue weighted by Gasteiger charge is -2.46. The largest absolute Gasteiger partial charge is 0.345 e. The smallest absolute Gasteiger partial charge is 0.209 e. The number of rotatable bonds is 4. The van der Waals surface area contributed by atoms with Crippen molar-refractivity contribution in [3.63, 3.8) is 0 Å². The van der Waals surface area contributed by atoms with Crippen molar-refractivity contribution in [3.8, 4) is 0 Å². The van der Waals surface area contributed by atoms with Crippen molar-refractivity contribution < 1.29 is 9.59 Å². The lowest BCUT2D eigenvalue weighted by atomic mass is 9.81. The third kappa shape index (κ3) is 13.6. The molecule has 1 unspecified atom stereocenters. The van der Waals surface area contributed by atoms with E-state index >= 15 is 0 Å². The minimum Gasteiger partial charge on any atom is -0.345 e. The number of ketones is 1. The van der Waals surface area contributed by atoms with Crippen LogP contribution in [-0.2, 0) is 9.59 Å². The predicted octanol–water partition coefficient (Wildman–Crippen LogP) is 5.80. The summed E-state index contributed by atoms with van der Waals surface area (Å²) in [6, 6.07) is 1.47. The van der Waals surface area contributed by atoms with Crippen molar-refractivity contribution in [2.24, 2.45) is 11.8 Å². The molecule has 1 saturated carbocycles. The van der Waals surface area contributed by atoms with Gasteiger partial charge < -0.3 is 9.80 Å². The molecule has 220 valence electrons. The van der Waals surface area contributed by atoms with Crippen molar-refractivity contribution in [2.45, 2.75) is 119 Å². The number of piperidine rings is 2. The highest BCUT2D eigenvalue weighted by molar-refractivity contribution is 5.78. The third-order valence-electron chi connectivity index (χ3n) is 8.24. The van der Waals surface area contributed by atoms with Gasteiger partial charge in [0.05, 0.1) is 0 Å². The third-order valence-corrected chi connectivity index (χ3v) is 8.24. The maximum absolute atomic E-state index is 10.9. The first kappa shape index (κ1) is 36.0. The van der Waals surface area contributed by atoms with Crippen LogP contribution in [0.5, 0.6) is 0 Å². The summed E-state index contributed by atoms with van der Waals surface area (Å²) in [5.41, 5.74) is 0. The van der Waals surface area contributed by atoms with Crippen molar-refractivity contribution >= 4 is 12.2 Å². The molecule has 37 heavy (non-hydrogen) atoms. The molecule has 4 rings (SSSR count). The second-order valence-electron chi connectivity index (χ2n) is 10.6. The van der Waals surface area contributed by atoms with Gasteiger partial charge in [0.1, 0.15) is 5.78 Å². The molecule has 0 aromatic rings. The lowest BCUT2D eigenvalue weighted by Crippen LogP contribution is -2.56. The molecule has 3 heterocycles. The summed E-state index contributed by atoms with van der Waals surface area (Å²) in [7, 11) is 2.23.